The fourth-order valence-electron chi connectivity index (χ4n) is 4.58. The Morgan fingerprint density at radius 2 is 1.86 bits per heavy atom. The minimum Gasteiger partial charge on any atom is -0.298 e. The molecule has 0 unspecified atom stereocenters. The van der Waals surface area contributed by atoms with Crippen molar-refractivity contribution >= 4 is 11.3 Å². The van der Waals surface area contributed by atoms with E-state index in [4.69, 9.17) is 0 Å². The molecule has 1 spiro atoms. The number of likely N-dealkylation sites (tertiary alicyclic amines) is 1. The summed E-state index contributed by atoms with van der Waals surface area (Å²) in [6, 6.07) is 10.7. The molecule has 1 saturated heterocycles. The number of hydrogen-bond donors (Lipinski definition) is 0. The van der Waals surface area contributed by atoms with Crippen LogP contribution >= 0.6 is 11.3 Å². The van der Waals surface area contributed by atoms with Gasteiger partial charge in [-0.15, -0.1) is 11.3 Å². The largest absolute Gasteiger partial charge is 0.332 e. The van der Waals surface area contributed by atoms with Crippen molar-refractivity contribution in [1.82, 2.24) is 19.2 Å². The molecule has 4 heterocycles. The van der Waals surface area contributed by atoms with Gasteiger partial charge in [-0.1, -0.05) is 24.3 Å². The highest BCUT2D eigenvalue weighted by molar-refractivity contribution is 7.09. The molecule has 150 valence electrons. The molecule has 1 aromatic carbocycles. The zero-order chi connectivity index (χ0) is 20.0. The molecule has 3 aromatic rings. The summed E-state index contributed by atoms with van der Waals surface area (Å²) in [5.41, 5.74) is -0.637. The Hall–Kier alpha value is -2.58. The molecule has 0 saturated carbocycles. The Labute approximate surface area is 170 Å². The lowest BCUT2D eigenvalue weighted by atomic mass is 9.85. The first-order chi connectivity index (χ1) is 14.1. The van der Waals surface area contributed by atoms with Crippen molar-refractivity contribution in [2.75, 3.05) is 13.1 Å². The summed E-state index contributed by atoms with van der Waals surface area (Å²) in [4.78, 5) is 28.4. The summed E-state index contributed by atoms with van der Waals surface area (Å²) in [6.07, 6.45) is 1.64. The van der Waals surface area contributed by atoms with E-state index < -0.39 is 11.1 Å². The van der Waals surface area contributed by atoms with E-state index in [1.165, 1.54) is 10.7 Å². The SMILES string of the molecule is O=c1c(=O)n2c(nn1Cc1cccs1)[C@]1(CCN(Cc3ccccc3F)C1)CC2. The Bertz CT molecular complexity index is 1170. The lowest BCUT2D eigenvalue weighted by molar-refractivity contribution is 0.294. The van der Waals surface area contributed by atoms with Crippen LogP contribution < -0.4 is 11.1 Å². The van der Waals surface area contributed by atoms with Gasteiger partial charge in [0.1, 0.15) is 11.6 Å². The van der Waals surface area contributed by atoms with Crippen LogP contribution in [0.4, 0.5) is 4.39 Å². The molecule has 2 aromatic heterocycles. The van der Waals surface area contributed by atoms with Crippen LogP contribution in [0.1, 0.15) is 29.1 Å². The lowest BCUT2D eigenvalue weighted by Gasteiger charge is -2.24. The lowest BCUT2D eigenvalue weighted by Crippen LogP contribution is -2.45. The van der Waals surface area contributed by atoms with Gasteiger partial charge in [-0.05, 0) is 36.9 Å². The van der Waals surface area contributed by atoms with E-state index in [-0.39, 0.29) is 11.2 Å². The number of halogens is 1. The van der Waals surface area contributed by atoms with E-state index >= 15 is 0 Å². The van der Waals surface area contributed by atoms with Crippen molar-refractivity contribution in [3.63, 3.8) is 0 Å². The molecular formula is C21H21FN4O2S. The second-order valence-electron chi connectivity index (χ2n) is 7.90. The highest BCUT2D eigenvalue weighted by Crippen LogP contribution is 2.40. The van der Waals surface area contributed by atoms with Gasteiger partial charge < -0.3 is 0 Å². The van der Waals surface area contributed by atoms with Crippen LogP contribution in [0.5, 0.6) is 0 Å². The van der Waals surface area contributed by atoms with E-state index in [1.807, 2.05) is 29.6 Å². The smallest absolute Gasteiger partial charge is 0.298 e. The Morgan fingerprint density at radius 3 is 2.66 bits per heavy atom. The third-order valence-corrected chi connectivity index (χ3v) is 6.95. The van der Waals surface area contributed by atoms with Crippen molar-refractivity contribution in [1.29, 1.82) is 0 Å². The maximum absolute atomic E-state index is 14.1. The topological polar surface area (TPSA) is 60.1 Å². The molecule has 0 N–H and O–H groups in total. The molecule has 2 aliphatic rings. The van der Waals surface area contributed by atoms with Crippen LogP contribution in [-0.2, 0) is 25.0 Å². The molecule has 0 radical (unpaired) electrons. The maximum atomic E-state index is 14.1. The molecule has 8 heteroatoms. The number of fused-ring (bicyclic) bond motifs is 2. The van der Waals surface area contributed by atoms with Crippen molar-refractivity contribution in [3.05, 3.63) is 84.6 Å². The molecular weight excluding hydrogens is 391 g/mol. The molecule has 5 rings (SSSR count). The van der Waals surface area contributed by atoms with Crippen molar-refractivity contribution < 1.29 is 4.39 Å². The van der Waals surface area contributed by atoms with Gasteiger partial charge in [0.2, 0.25) is 0 Å². The summed E-state index contributed by atoms with van der Waals surface area (Å²) in [6.45, 7) is 2.89. The number of benzene rings is 1. The Morgan fingerprint density at radius 1 is 1.03 bits per heavy atom. The van der Waals surface area contributed by atoms with Crippen molar-refractivity contribution in [3.8, 4) is 0 Å². The number of hydrogen-bond acceptors (Lipinski definition) is 5. The van der Waals surface area contributed by atoms with Crippen LogP contribution in [-0.4, -0.2) is 32.3 Å². The normalized spacial score (nSPS) is 21.1. The molecule has 6 nitrogen and oxygen atoms in total. The summed E-state index contributed by atoms with van der Waals surface area (Å²) in [5.74, 6) is 0.508. The molecule has 0 aliphatic carbocycles. The first-order valence-corrected chi connectivity index (χ1v) is 10.6. The van der Waals surface area contributed by atoms with Gasteiger partial charge in [-0.3, -0.25) is 19.1 Å². The van der Waals surface area contributed by atoms with E-state index in [0.717, 1.165) is 24.3 Å². The number of rotatable bonds is 4. The van der Waals surface area contributed by atoms with Crippen LogP contribution in [0.25, 0.3) is 0 Å². The van der Waals surface area contributed by atoms with Crippen LogP contribution in [0.2, 0.25) is 0 Å². The maximum Gasteiger partial charge on any atom is 0.332 e. The first-order valence-electron chi connectivity index (χ1n) is 9.76. The highest BCUT2D eigenvalue weighted by Gasteiger charge is 2.47. The standard InChI is InChI=1S/C21H21FN4O2S/c22-17-6-2-1-4-15(17)12-24-9-7-21(14-24)8-10-25-18(27)19(28)26(23-20(21)25)13-16-5-3-11-29-16/h1-6,11H,7-10,12-14H2/t21-/m1/s1. The Kier molecular flexibility index (Phi) is 4.48. The van der Waals surface area contributed by atoms with Gasteiger partial charge in [-0.2, -0.15) is 5.10 Å². The molecule has 0 bridgehead atoms. The summed E-state index contributed by atoms with van der Waals surface area (Å²) in [7, 11) is 0. The fourth-order valence-corrected chi connectivity index (χ4v) is 5.26. The second-order valence-corrected chi connectivity index (χ2v) is 8.94. The summed E-state index contributed by atoms with van der Waals surface area (Å²) < 4.78 is 16.9. The third-order valence-electron chi connectivity index (χ3n) is 6.09. The first kappa shape index (κ1) is 18.4. The zero-order valence-electron chi connectivity index (χ0n) is 15.9. The Balaban J connectivity index is 1.46. The molecule has 0 amide bonds. The van der Waals surface area contributed by atoms with Crippen LogP contribution in [0.15, 0.2) is 51.4 Å². The van der Waals surface area contributed by atoms with E-state index in [1.54, 1.807) is 22.0 Å². The number of nitrogens with zero attached hydrogens (tertiary/aromatic N) is 4. The van der Waals surface area contributed by atoms with Crippen LogP contribution in [0.3, 0.4) is 0 Å². The van der Waals surface area contributed by atoms with E-state index in [2.05, 4.69) is 10.00 Å². The number of aromatic nitrogens is 3. The summed E-state index contributed by atoms with van der Waals surface area (Å²) in [5, 5.41) is 6.60. The van der Waals surface area contributed by atoms with Crippen LogP contribution in [0, 0.1) is 5.82 Å². The van der Waals surface area contributed by atoms with Gasteiger partial charge in [0, 0.05) is 35.5 Å². The minimum absolute atomic E-state index is 0.195. The van der Waals surface area contributed by atoms with E-state index in [9.17, 15) is 14.0 Å². The monoisotopic (exact) mass is 412 g/mol. The van der Waals surface area contributed by atoms with Gasteiger partial charge in [0.25, 0.3) is 0 Å². The third kappa shape index (κ3) is 3.16. The fraction of sp³-hybridized carbons (Fsp3) is 0.381. The molecule has 29 heavy (non-hydrogen) atoms. The average molecular weight is 412 g/mol. The van der Waals surface area contributed by atoms with Gasteiger partial charge in [0.05, 0.1) is 6.54 Å². The van der Waals surface area contributed by atoms with Gasteiger partial charge in [-0.25, -0.2) is 9.07 Å². The number of thiophene rings is 1. The summed E-state index contributed by atoms with van der Waals surface area (Å²) >= 11 is 1.54. The predicted molar refractivity (Wildman–Crippen MR) is 109 cm³/mol. The highest BCUT2D eigenvalue weighted by atomic mass is 32.1. The van der Waals surface area contributed by atoms with E-state index in [0.29, 0.717) is 37.6 Å². The van der Waals surface area contributed by atoms with Crippen molar-refractivity contribution in [2.24, 2.45) is 0 Å². The molecule has 1 fully saturated rings. The quantitative estimate of drug-likeness (QED) is 0.617. The minimum atomic E-state index is -0.569. The average Bonchev–Trinajstić information content (AvgIpc) is 3.44. The van der Waals surface area contributed by atoms with Gasteiger partial charge in [0.15, 0.2) is 0 Å². The molecule has 1 atom stereocenters. The predicted octanol–water partition coefficient (Wildman–Crippen LogP) is 2.20. The van der Waals surface area contributed by atoms with Crippen molar-refractivity contribution in [2.45, 2.75) is 37.9 Å². The van der Waals surface area contributed by atoms with Gasteiger partial charge >= 0.3 is 11.1 Å². The molecule has 2 aliphatic heterocycles. The zero-order valence-corrected chi connectivity index (χ0v) is 16.7. The second kappa shape index (κ2) is 7.03.